The second kappa shape index (κ2) is 3.52. The molecule has 0 N–H and O–H groups in total. The quantitative estimate of drug-likeness (QED) is 0.621. The second-order valence-corrected chi connectivity index (χ2v) is 6.34. The Hall–Kier alpha value is -0.0400. The van der Waals surface area contributed by atoms with Gasteiger partial charge in [-0.25, -0.2) is 0 Å². The van der Waals surface area contributed by atoms with Gasteiger partial charge in [0, 0.05) is 5.54 Å². The molecule has 0 aromatic carbocycles. The van der Waals surface area contributed by atoms with Crippen LogP contribution in [0.3, 0.4) is 0 Å². The number of rotatable bonds is 1. The smallest absolute Gasteiger partial charge is 0.0180 e. The molecule has 0 aromatic rings. The van der Waals surface area contributed by atoms with Gasteiger partial charge in [-0.15, -0.1) is 0 Å². The molecule has 2 saturated carbocycles. The molecule has 0 aliphatic heterocycles. The zero-order chi connectivity index (χ0) is 10.3. The highest BCUT2D eigenvalue weighted by atomic mass is 15.1. The standard InChI is InChI=1S/C13H25N/c1-10-5-11-7-12(6-10)9-13(2,8-11)14(3)4/h10-12H,5-9H2,1-4H3. The van der Waals surface area contributed by atoms with Gasteiger partial charge < -0.3 is 4.90 Å². The third-order valence-electron chi connectivity index (χ3n) is 4.67. The van der Waals surface area contributed by atoms with E-state index in [-0.39, 0.29) is 0 Å². The maximum atomic E-state index is 2.46. The molecule has 2 unspecified atom stereocenters. The van der Waals surface area contributed by atoms with Gasteiger partial charge in [-0.1, -0.05) is 6.92 Å². The van der Waals surface area contributed by atoms with E-state index in [1.165, 1.54) is 32.1 Å². The lowest BCUT2D eigenvalue weighted by atomic mass is 9.62. The van der Waals surface area contributed by atoms with Crippen LogP contribution in [0.15, 0.2) is 0 Å². The predicted molar refractivity (Wildman–Crippen MR) is 61.3 cm³/mol. The summed E-state index contributed by atoms with van der Waals surface area (Å²) in [5.41, 5.74) is 0.494. The van der Waals surface area contributed by atoms with Gasteiger partial charge in [0.05, 0.1) is 0 Å². The third-order valence-corrected chi connectivity index (χ3v) is 4.67. The number of hydrogen-bond acceptors (Lipinski definition) is 1. The molecule has 1 nitrogen and oxygen atoms in total. The highest BCUT2D eigenvalue weighted by Crippen LogP contribution is 2.47. The van der Waals surface area contributed by atoms with Crippen molar-refractivity contribution in [3.05, 3.63) is 0 Å². The molecule has 1 heteroatoms. The molecule has 14 heavy (non-hydrogen) atoms. The van der Waals surface area contributed by atoms with E-state index in [1.54, 1.807) is 0 Å². The van der Waals surface area contributed by atoms with Crippen molar-refractivity contribution in [3.8, 4) is 0 Å². The van der Waals surface area contributed by atoms with Gasteiger partial charge in [-0.3, -0.25) is 0 Å². The van der Waals surface area contributed by atoms with Gasteiger partial charge in [0.15, 0.2) is 0 Å². The third kappa shape index (κ3) is 1.84. The molecular formula is C13H25N. The molecule has 0 amide bonds. The summed E-state index contributed by atoms with van der Waals surface area (Å²) in [6.45, 7) is 4.90. The monoisotopic (exact) mass is 195 g/mol. The summed E-state index contributed by atoms with van der Waals surface area (Å²) in [5.74, 6) is 3.03. The van der Waals surface area contributed by atoms with Crippen LogP contribution in [0.2, 0.25) is 0 Å². The summed E-state index contributed by atoms with van der Waals surface area (Å²) in [5, 5.41) is 0. The lowest BCUT2D eigenvalue weighted by Crippen LogP contribution is -2.49. The maximum absolute atomic E-state index is 2.46. The van der Waals surface area contributed by atoms with Gasteiger partial charge in [-0.2, -0.15) is 0 Å². The summed E-state index contributed by atoms with van der Waals surface area (Å²) in [6.07, 6.45) is 7.36. The Labute approximate surface area is 88.9 Å². The van der Waals surface area contributed by atoms with Crippen molar-refractivity contribution in [2.45, 2.75) is 51.5 Å². The van der Waals surface area contributed by atoms with Crippen molar-refractivity contribution in [2.75, 3.05) is 14.1 Å². The molecule has 0 spiro atoms. The van der Waals surface area contributed by atoms with E-state index in [9.17, 15) is 0 Å². The van der Waals surface area contributed by atoms with E-state index < -0.39 is 0 Å². The summed E-state index contributed by atoms with van der Waals surface area (Å²) in [7, 11) is 4.51. The van der Waals surface area contributed by atoms with Crippen LogP contribution in [0.1, 0.15) is 46.0 Å². The van der Waals surface area contributed by atoms with Gasteiger partial charge in [0.2, 0.25) is 0 Å². The van der Waals surface area contributed by atoms with E-state index >= 15 is 0 Å². The Morgan fingerprint density at radius 3 is 1.93 bits per heavy atom. The number of hydrogen-bond donors (Lipinski definition) is 0. The zero-order valence-corrected chi connectivity index (χ0v) is 10.2. The molecule has 2 atom stereocenters. The molecule has 0 saturated heterocycles. The summed E-state index contributed by atoms with van der Waals surface area (Å²) >= 11 is 0. The summed E-state index contributed by atoms with van der Waals surface area (Å²) < 4.78 is 0. The van der Waals surface area contributed by atoms with Crippen molar-refractivity contribution in [2.24, 2.45) is 17.8 Å². The predicted octanol–water partition coefficient (Wildman–Crippen LogP) is 3.15. The van der Waals surface area contributed by atoms with Crippen LogP contribution in [-0.4, -0.2) is 24.5 Å². The highest BCUT2D eigenvalue weighted by molar-refractivity contribution is 4.96. The maximum Gasteiger partial charge on any atom is 0.0180 e. The van der Waals surface area contributed by atoms with E-state index in [0.717, 1.165) is 17.8 Å². The van der Waals surface area contributed by atoms with E-state index in [4.69, 9.17) is 0 Å². The van der Waals surface area contributed by atoms with Crippen LogP contribution in [0.25, 0.3) is 0 Å². The first kappa shape index (κ1) is 10.5. The normalized spacial score (nSPS) is 48.2. The Bertz CT molecular complexity index is 191. The lowest BCUT2D eigenvalue weighted by molar-refractivity contribution is 0.0168. The largest absolute Gasteiger partial charge is 0.304 e. The molecule has 2 bridgehead atoms. The van der Waals surface area contributed by atoms with Gasteiger partial charge in [0.25, 0.3) is 0 Å². The van der Waals surface area contributed by atoms with Crippen molar-refractivity contribution in [1.29, 1.82) is 0 Å². The Morgan fingerprint density at radius 2 is 1.50 bits per heavy atom. The molecule has 2 aliphatic carbocycles. The molecule has 82 valence electrons. The Balaban J connectivity index is 2.08. The van der Waals surface area contributed by atoms with E-state index in [2.05, 4.69) is 32.8 Å². The topological polar surface area (TPSA) is 3.24 Å². The van der Waals surface area contributed by atoms with Crippen LogP contribution in [-0.2, 0) is 0 Å². The van der Waals surface area contributed by atoms with Crippen molar-refractivity contribution >= 4 is 0 Å². The first-order valence-corrected chi connectivity index (χ1v) is 6.17. The highest BCUT2D eigenvalue weighted by Gasteiger charge is 2.41. The first-order chi connectivity index (χ1) is 6.49. The number of nitrogens with zero attached hydrogens (tertiary/aromatic N) is 1. The van der Waals surface area contributed by atoms with Crippen molar-refractivity contribution in [3.63, 3.8) is 0 Å². The van der Waals surface area contributed by atoms with Gasteiger partial charge >= 0.3 is 0 Å². The van der Waals surface area contributed by atoms with Crippen molar-refractivity contribution < 1.29 is 0 Å². The van der Waals surface area contributed by atoms with Crippen LogP contribution < -0.4 is 0 Å². The first-order valence-electron chi connectivity index (χ1n) is 6.17. The van der Waals surface area contributed by atoms with Crippen LogP contribution in [0.5, 0.6) is 0 Å². The minimum absolute atomic E-state index is 0.494. The molecule has 0 radical (unpaired) electrons. The van der Waals surface area contributed by atoms with Crippen molar-refractivity contribution in [1.82, 2.24) is 4.90 Å². The number of fused-ring (bicyclic) bond motifs is 2. The van der Waals surface area contributed by atoms with E-state index in [0.29, 0.717) is 5.54 Å². The second-order valence-electron chi connectivity index (χ2n) is 6.34. The molecule has 0 heterocycles. The average Bonchev–Trinajstić information content (AvgIpc) is 2.00. The summed E-state index contributed by atoms with van der Waals surface area (Å²) in [6, 6.07) is 0. The molecule has 0 aromatic heterocycles. The summed E-state index contributed by atoms with van der Waals surface area (Å²) in [4.78, 5) is 2.46. The van der Waals surface area contributed by atoms with Gasteiger partial charge in [0.1, 0.15) is 0 Å². The Kier molecular flexibility index (Phi) is 2.63. The zero-order valence-electron chi connectivity index (χ0n) is 10.2. The molecular weight excluding hydrogens is 170 g/mol. The average molecular weight is 195 g/mol. The SMILES string of the molecule is CC1CC2CC(C1)CC(C)(N(C)C)C2. The van der Waals surface area contributed by atoms with Crippen LogP contribution >= 0.6 is 0 Å². The molecule has 2 aliphatic rings. The van der Waals surface area contributed by atoms with Crippen LogP contribution in [0.4, 0.5) is 0 Å². The fourth-order valence-electron chi connectivity index (χ4n) is 3.92. The Morgan fingerprint density at radius 1 is 1.00 bits per heavy atom. The van der Waals surface area contributed by atoms with Gasteiger partial charge in [-0.05, 0) is 70.9 Å². The minimum atomic E-state index is 0.494. The fraction of sp³-hybridized carbons (Fsp3) is 1.00. The fourth-order valence-corrected chi connectivity index (χ4v) is 3.92. The minimum Gasteiger partial charge on any atom is -0.304 e. The van der Waals surface area contributed by atoms with Crippen LogP contribution in [0, 0.1) is 17.8 Å². The van der Waals surface area contributed by atoms with E-state index in [1.807, 2.05) is 0 Å². The molecule has 2 fully saturated rings. The molecule has 2 rings (SSSR count). The lowest BCUT2D eigenvalue weighted by Gasteiger charge is -2.50.